The number of halogens is 1. The van der Waals surface area contributed by atoms with Gasteiger partial charge in [0, 0.05) is 11.6 Å². The van der Waals surface area contributed by atoms with Crippen LogP contribution in [0.15, 0.2) is 75.1 Å². The molecular weight excluding hydrogens is 472 g/mol. The molecule has 0 unspecified atom stereocenters. The van der Waals surface area contributed by atoms with Gasteiger partial charge in [-0.25, -0.2) is 14.5 Å². The standard InChI is InChI=1S/C24H21ClN6O4/c1-34-19-8-4-17(5-9-19)13-29-15-26-20-12-27-31(23(32)22(20)29)14-21-28-30(24(33)35-21)11-10-16-2-6-18(25)7-3-16/h2-9,12,15H,10-11,13-14H2,1H3. The van der Waals surface area contributed by atoms with Gasteiger partial charge in [-0.2, -0.15) is 9.78 Å². The van der Waals surface area contributed by atoms with Gasteiger partial charge in [-0.3, -0.25) is 4.79 Å². The molecule has 11 heteroatoms. The zero-order valence-corrected chi connectivity index (χ0v) is 19.6. The van der Waals surface area contributed by atoms with E-state index in [0.717, 1.165) is 16.9 Å². The maximum absolute atomic E-state index is 13.2. The van der Waals surface area contributed by atoms with Crippen LogP contribution in [0.4, 0.5) is 0 Å². The molecule has 0 aliphatic carbocycles. The van der Waals surface area contributed by atoms with Gasteiger partial charge in [-0.05, 0) is 41.8 Å². The zero-order chi connectivity index (χ0) is 24.4. The largest absolute Gasteiger partial charge is 0.497 e. The maximum Gasteiger partial charge on any atom is 0.437 e. The van der Waals surface area contributed by atoms with Crippen molar-refractivity contribution in [3.63, 3.8) is 0 Å². The normalized spacial score (nSPS) is 11.3. The lowest BCUT2D eigenvalue weighted by Crippen LogP contribution is -2.25. The van der Waals surface area contributed by atoms with Gasteiger partial charge < -0.3 is 13.7 Å². The molecule has 0 bridgehead atoms. The van der Waals surface area contributed by atoms with Crippen LogP contribution in [0.3, 0.4) is 0 Å². The highest BCUT2D eigenvalue weighted by Gasteiger charge is 2.15. The Morgan fingerprint density at radius 3 is 2.46 bits per heavy atom. The molecule has 0 N–H and O–H groups in total. The number of methoxy groups -OCH3 is 1. The van der Waals surface area contributed by atoms with Crippen LogP contribution in [0, 0.1) is 0 Å². The summed E-state index contributed by atoms with van der Waals surface area (Å²) in [4.78, 5) is 29.7. The molecule has 0 aliphatic heterocycles. The van der Waals surface area contributed by atoms with E-state index in [1.54, 1.807) is 30.1 Å². The van der Waals surface area contributed by atoms with E-state index in [9.17, 15) is 9.59 Å². The lowest BCUT2D eigenvalue weighted by atomic mass is 10.1. The average molecular weight is 493 g/mol. The van der Waals surface area contributed by atoms with Crippen molar-refractivity contribution in [3.05, 3.63) is 104 Å². The summed E-state index contributed by atoms with van der Waals surface area (Å²) in [6, 6.07) is 14.9. The van der Waals surface area contributed by atoms with E-state index >= 15 is 0 Å². The first-order chi connectivity index (χ1) is 17.0. The topological polar surface area (TPSA) is 110 Å². The number of aryl methyl sites for hydroxylation is 2. The van der Waals surface area contributed by atoms with Crippen LogP contribution < -0.4 is 16.1 Å². The van der Waals surface area contributed by atoms with Crippen molar-refractivity contribution in [2.75, 3.05) is 7.11 Å². The molecule has 35 heavy (non-hydrogen) atoms. The molecule has 10 nitrogen and oxygen atoms in total. The van der Waals surface area contributed by atoms with Gasteiger partial charge in [0.15, 0.2) is 0 Å². The van der Waals surface area contributed by atoms with Crippen LogP contribution in [0.1, 0.15) is 17.0 Å². The van der Waals surface area contributed by atoms with Crippen LogP contribution in [-0.4, -0.2) is 36.2 Å². The number of fused-ring (bicyclic) bond motifs is 1. The Bertz CT molecular complexity index is 1580. The van der Waals surface area contributed by atoms with Gasteiger partial charge in [0.25, 0.3) is 5.56 Å². The van der Waals surface area contributed by atoms with Crippen molar-refractivity contribution < 1.29 is 9.15 Å². The lowest BCUT2D eigenvalue weighted by Gasteiger charge is -2.07. The van der Waals surface area contributed by atoms with E-state index in [0.29, 0.717) is 35.6 Å². The highest BCUT2D eigenvalue weighted by molar-refractivity contribution is 6.30. The van der Waals surface area contributed by atoms with Crippen LogP contribution >= 0.6 is 11.6 Å². The van der Waals surface area contributed by atoms with E-state index in [1.165, 1.54) is 15.6 Å². The average Bonchev–Trinajstić information content (AvgIpc) is 3.44. The first kappa shape index (κ1) is 22.6. The quantitative estimate of drug-likeness (QED) is 0.327. The second-order valence-corrected chi connectivity index (χ2v) is 8.36. The summed E-state index contributed by atoms with van der Waals surface area (Å²) >= 11 is 5.91. The summed E-state index contributed by atoms with van der Waals surface area (Å²) in [7, 11) is 1.61. The summed E-state index contributed by atoms with van der Waals surface area (Å²) < 4.78 is 14.7. The van der Waals surface area contributed by atoms with Gasteiger partial charge in [-0.15, -0.1) is 5.10 Å². The molecule has 0 aliphatic rings. The summed E-state index contributed by atoms with van der Waals surface area (Å²) in [6.07, 6.45) is 3.70. The molecule has 0 spiro atoms. The first-order valence-electron chi connectivity index (χ1n) is 10.9. The number of hydrogen-bond donors (Lipinski definition) is 0. The molecule has 0 amide bonds. The smallest absolute Gasteiger partial charge is 0.437 e. The molecule has 0 saturated carbocycles. The first-order valence-corrected chi connectivity index (χ1v) is 11.2. The van der Waals surface area contributed by atoms with Crippen LogP contribution in [0.2, 0.25) is 5.02 Å². The van der Waals surface area contributed by atoms with Crippen molar-refractivity contribution in [1.82, 2.24) is 29.1 Å². The molecule has 3 aromatic heterocycles. The molecule has 5 rings (SSSR count). The van der Waals surface area contributed by atoms with Crippen molar-refractivity contribution in [2.45, 2.75) is 26.1 Å². The molecule has 0 atom stereocenters. The minimum absolute atomic E-state index is 0.0777. The zero-order valence-electron chi connectivity index (χ0n) is 18.8. The van der Waals surface area contributed by atoms with E-state index in [2.05, 4.69) is 15.2 Å². The van der Waals surface area contributed by atoms with Crippen molar-refractivity contribution in [1.29, 1.82) is 0 Å². The van der Waals surface area contributed by atoms with Crippen molar-refractivity contribution >= 4 is 22.6 Å². The Hall–Kier alpha value is -4.18. The van der Waals surface area contributed by atoms with Crippen LogP contribution in [0.5, 0.6) is 5.75 Å². The summed E-state index contributed by atoms with van der Waals surface area (Å²) in [6.45, 7) is 0.708. The van der Waals surface area contributed by atoms with E-state index in [4.69, 9.17) is 20.8 Å². The molecular formula is C24H21ClN6O4. The fourth-order valence-electron chi connectivity index (χ4n) is 3.75. The number of nitrogens with zero attached hydrogens (tertiary/aromatic N) is 6. The number of benzene rings is 2. The lowest BCUT2D eigenvalue weighted by molar-refractivity contribution is 0.414. The van der Waals surface area contributed by atoms with Crippen molar-refractivity contribution in [3.8, 4) is 5.75 Å². The number of aromatic nitrogens is 6. The number of hydrogen-bond acceptors (Lipinski definition) is 7. The number of rotatable bonds is 8. The Balaban J connectivity index is 1.35. The highest BCUT2D eigenvalue weighted by Crippen LogP contribution is 2.15. The van der Waals surface area contributed by atoms with Gasteiger partial charge in [0.1, 0.15) is 23.3 Å². The predicted molar refractivity (Wildman–Crippen MR) is 129 cm³/mol. The second-order valence-electron chi connectivity index (χ2n) is 7.92. The van der Waals surface area contributed by atoms with Crippen LogP contribution in [-0.2, 0) is 26.1 Å². The summed E-state index contributed by atoms with van der Waals surface area (Å²) in [5.74, 6) is 0.263. The third kappa shape index (κ3) is 4.87. The summed E-state index contributed by atoms with van der Waals surface area (Å²) in [5.41, 5.74) is 2.53. The van der Waals surface area contributed by atoms with E-state index in [-0.39, 0.29) is 18.0 Å². The fourth-order valence-corrected chi connectivity index (χ4v) is 3.88. The third-order valence-corrected chi connectivity index (χ3v) is 5.85. The molecule has 0 saturated heterocycles. The Morgan fingerprint density at radius 1 is 0.971 bits per heavy atom. The Morgan fingerprint density at radius 2 is 1.71 bits per heavy atom. The fraction of sp³-hybridized carbons (Fsp3) is 0.208. The maximum atomic E-state index is 13.2. The van der Waals surface area contributed by atoms with Crippen molar-refractivity contribution in [2.24, 2.45) is 0 Å². The number of ether oxygens (including phenoxy) is 1. The third-order valence-electron chi connectivity index (χ3n) is 5.59. The van der Waals surface area contributed by atoms with Crippen LogP contribution in [0.25, 0.3) is 11.0 Å². The van der Waals surface area contributed by atoms with E-state index < -0.39 is 5.76 Å². The molecule has 3 heterocycles. The highest BCUT2D eigenvalue weighted by atomic mass is 35.5. The number of imidazole rings is 1. The van der Waals surface area contributed by atoms with Gasteiger partial charge in [-0.1, -0.05) is 35.9 Å². The molecule has 2 aromatic carbocycles. The monoisotopic (exact) mass is 492 g/mol. The van der Waals surface area contributed by atoms with Gasteiger partial charge in [0.2, 0.25) is 5.89 Å². The Labute approximate surface area is 204 Å². The SMILES string of the molecule is COc1ccc(Cn2cnc3cnn(Cc4nn(CCc5ccc(Cl)cc5)c(=O)o4)c(=O)c32)cc1. The molecule has 5 aromatic rings. The Kier molecular flexibility index (Phi) is 6.19. The molecule has 178 valence electrons. The summed E-state index contributed by atoms with van der Waals surface area (Å²) in [5, 5.41) is 9.05. The molecule has 0 radical (unpaired) electrons. The minimum atomic E-state index is -0.590. The van der Waals surface area contributed by atoms with E-state index in [1.807, 2.05) is 36.4 Å². The predicted octanol–water partition coefficient (Wildman–Crippen LogP) is 2.74. The van der Waals surface area contributed by atoms with Gasteiger partial charge in [0.05, 0.1) is 26.2 Å². The molecule has 0 fully saturated rings. The van der Waals surface area contributed by atoms with Gasteiger partial charge >= 0.3 is 5.76 Å². The second kappa shape index (κ2) is 9.59. The minimum Gasteiger partial charge on any atom is -0.497 e.